The molecular formula is C16H12F4N2O4S. The molecule has 11 heteroatoms. The third-order valence-electron chi connectivity index (χ3n) is 3.24. The SMILES string of the molecule is O=C(C=Cc1cccc(S(=O)(=O)Nc2ccc(F)cc2C(F)(F)F)c1)NO. The topological polar surface area (TPSA) is 95.5 Å². The van der Waals surface area contributed by atoms with E-state index in [1.165, 1.54) is 23.7 Å². The Bertz CT molecular complexity index is 988. The highest BCUT2D eigenvalue weighted by molar-refractivity contribution is 7.92. The quantitative estimate of drug-likeness (QED) is 0.309. The minimum Gasteiger partial charge on any atom is -0.288 e. The standard InChI is InChI=1S/C16H12F4N2O4S/c17-11-5-6-14(13(9-11)16(18,19)20)22-27(25,26)12-3-1-2-10(8-12)4-7-15(23)21-24/h1-9,22,24H,(H,21,23). The van der Waals surface area contributed by atoms with Gasteiger partial charge in [0.25, 0.3) is 15.9 Å². The number of carbonyl (C=O) groups excluding carboxylic acids is 1. The molecule has 144 valence electrons. The molecule has 2 aromatic carbocycles. The van der Waals surface area contributed by atoms with E-state index in [0.29, 0.717) is 12.1 Å². The fourth-order valence-corrected chi connectivity index (χ4v) is 3.17. The van der Waals surface area contributed by atoms with Crippen LogP contribution in [0.5, 0.6) is 0 Å². The first-order valence-corrected chi connectivity index (χ1v) is 8.63. The van der Waals surface area contributed by atoms with Crippen molar-refractivity contribution in [2.75, 3.05) is 4.72 Å². The highest BCUT2D eigenvalue weighted by Gasteiger charge is 2.35. The third-order valence-corrected chi connectivity index (χ3v) is 4.60. The maximum Gasteiger partial charge on any atom is 0.418 e. The largest absolute Gasteiger partial charge is 0.418 e. The lowest BCUT2D eigenvalue weighted by molar-refractivity contribution is -0.137. The van der Waals surface area contributed by atoms with Gasteiger partial charge in [0.15, 0.2) is 0 Å². The van der Waals surface area contributed by atoms with Gasteiger partial charge in [-0.3, -0.25) is 14.7 Å². The molecule has 3 N–H and O–H groups in total. The molecule has 0 saturated heterocycles. The van der Waals surface area contributed by atoms with Gasteiger partial charge in [0.05, 0.1) is 16.1 Å². The van der Waals surface area contributed by atoms with Crippen molar-refractivity contribution >= 4 is 27.7 Å². The number of hydrogen-bond donors (Lipinski definition) is 3. The van der Waals surface area contributed by atoms with E-state index >= 15 is 0 Å². The van der Waals surface area contributed by atoms with Crippen molar-refractivity contribution in [2.24, 2.45) is 0 Å². The Morgan fingerprint density at radius 3 is 2.44 bits per heavy atom. The third kappa shape index (κ3) is 5.28. The normalized spacial score (nSPS) is 12.2. The molecule has 0 bridgehead atoms. The molecule has 6 nitrogen and oxygen atoms in total. The maximum atomic E-state index is 13.1. The summed E-state index contributed by atoms with van der Waals surface area (Å²) in [5.74, 6) is -2.03. The summed E-state index contributed by atoms with van der Waals surface area (Å²) in [6.07, 6.45) is -2.87. The van der Waals surface area contributed by atoms with E-state index in [-0.39, 0.29) is 16.5 Å². The monoisotopic (exact) mass is 404 g/mol. The Hall–Kier alpha value is -2.92. The molecule has 0 aliphatic heterocycles. The van der Waals surface area contributed by atoms with Crippen molar-refractivity contribution in [3.05, 3.63) is 65.5 Å². The smallest absolute Gasteiger partial charge is 0.288 e. The predicted molar refractivity (Wildman–Crippen MR) is 87.6 cm³/mol. The molecule has 0 atom stereocenters. The summed E-state index contributed by atoms with van der Waals surface area (Å²) in [5, 5.41) is 8.40. The average molecular weight is 404 g/mol. The number of anilines is 1. The molecule has 0 aromatic heterocycles. The van der Waals surface area contributed by atoms with E-state index in [9.17, 15) is 30.8 Å². The molecule has 0 fully saturated rings. The van der Waals surface area contributed by atoms with E-state index in [4.69, 9.17) is 5.21 Å². The van der Waals surface area contributed by atoms with Crippen molar-refractivity contribution in [1.29, 1.82) is 0 Å². The Morgan fingerprint density at radius 2 is 1.81 bits per heavy atom. The Labute approximate surface area is 151 Å². The van der Waals surface area contributed by atoms with E-state index in [1.54, 1.807) is 4.72 Å². The summed E-state index contributed by atoms with van der Waals surface area (Å²) in [4.78, 5) is 10.6. The Kier molecular flexibility index (Phi) is 5.86. The summed E-state index contributed by atoms with van der Waals surface area (Å²) >= 11 is 0. The summed E-state index contributed by atoms with van der Waals surface area (Å²) in [7, 11) is -4.43. The molecule has 1 amide bonds. The molecule has 27 heavy (non-hydrogen) atoms. The predicted octanol–water partition coefficient (Wildman–Crippen LogP) is 3.16. The lowest BCUT2D eigenvalue weighted by atomic mass is 10.2. The first-order valence-electron chi connectivity index (χ1n) is 7.15. The Balaban J connectivity index is 2.38. The average Bonchev–Trinajstić information content (AvgIpc) is 2.60. The van der Waals surface area contributed by atoms with Gasteiger partial charge in [-0.25, -0.2) is 18.3 Å². The van der Waals surface area contributed by atoms with Crippen molar-refractivity contribution in [1.82, 2.24) is 5.48 Å². The van der Waals surface area contributed by atoms with Gasteiger partial charge in [-0.15, -0.1) is 0 Å². The molecule has 0 radical (unpaired) electrons. The molecule has 0 spiro atoms. The molecular weight excluding hydrogens is 392 g/mol. The zero-order valence-corrected chi connectivity index (χ0v) is 14.1. The number of carbonyl (C=O) groups is 1. The Morgan fingerprint density at radius 1 is 1.11 bits per heavy atom. The van der Waals surface area contributed by atoms with Gasteiger partial charge in [0.2, 0.25) is 0 Å². The van der Waals surface area contributed by atoms with Crippen LogP contribution in [0, 0.1) is 5.82 Å². The van der Waals surface area contributed by atoms with Crippen LogP contribution in [0.3, 0.4) is 0 Å². The van der Waals surface area contributed by atoms with Crippen LogP contribution >= 0.6 is 0 Å². The van der Waals surface area contributed by atoms with E-state index in [2.05, 4.69) is 0 Å². The summed E-state index contributed by atoms with van der Waals surface area (Å²) < 4.78 is 78.7. The highest BCUT2D eigenvalue weighted by Crippen LogP contribution is 2.36. The highest BCUT2D eigenvalue weighted by atomic mass is 32.2. The molecule has 0 aliphatic rings. The molecule has 0 unspecified atom stereocenters. The van der Waals surface area contributed by atoms with Crippen LogP contribution in [0.4, 0.5) is 23.2 Å². The second-order valence-corrected chi connectivity index (χ2v) is 6.86. The minimum absolute atomic E-state index is 0.185. The number of halogens is 4. The van der Waals surface area contributed by atoms with Crippen LogP contribution < -0.4 is 10.2 Å². The molecule has 2 aromatic rings. The van der Waals surface area contributed by atoms with Crippen molar-refractivity contribution in [3.8, 4) is 0 Å². The van der Waals surface area contributed by atoms with Gasteiger partial charge in [-0.05, 0) is 42.0 Å². The molecule has 2 rings (SSSR count). The van der Waals surface area contributed by atoms with Crippen LogP contribution in [0.1, 0.15) is 11.1 Å². The van der Waals surface area contributed by atoms with Gasteiger partial charge in [0.1, 0.15) is 5.82 Å². The number of alkyl halides is 3. The maximum absolute atomic E-state index is 13.1. The fraction of sp³-hybridized carbons (Fsp3) is 0.0625. The second kappa shape index (κ2) is 7.76. The van der Waals surface area contributed by atoms with Crippen molar-refractivity contribution in [2.45, 2.75) is 11.1 Å². The van der Waals surface area contributed by atoms with E-state index in [0.717, 1.165) is 18.2 Å². The van der Waals surface area contributed by atoms with Crippen LogP contribution in [0.15, 0.2) is 53.4 Å². The van der Waals surface area contributed by atoms with E-state index < -0.39 is 39.2 Å². The number of hydrogen-bond acceptors (Lipinski definition) is 4. The number of benzene rings is 2. The first-order chi connectivity index (χ1) is 12.5. The zero-order valence-electron chi connectivity index (χ0n) is 13.3. The van der Waals surface area contributed by atoms with Gasteiger partial charge in [-0.1, -0.05) is 12.1 Å². The minimum atomic E-state index is -4.97. The lowest BCUT2D eigenvalue weighted by Gasteiger charge is -2.15. The van der Waals surface area contributed by atoms with Gasteiger partial charge >= 0.3 is 6.18 Å². The van der Waals surface area contributed by atoms with Crippen LogP contribution in [-0.2, 0) is 21.0 Å². The summed E-state index contributed by atoms with van der Waals surface area (Å²) in [5.41, 5.74) is -0.723. The summed E-state index contributed by atoms with van der Waals surface area (Å²) in [6, 6.07) is 6.51. The number of sulfonamides is 1. The van der Waals surface area contributed by atoms with Gasteiger partial charge in [0, 0.05) is 6.08 Å². The molecule has 0 saturated carbocycles. The van der Waals surface area contributed by atoms with Crippen molar-refractivity contribution in [3.63, 3.8) is 0 Å². The number of hydroxylamine groups is 1. The zero-order chi connectivity index (χ0) is 20.2. The van der Waals surface area contributed by atoms with Crippen LogP contribution in [0.25, 0.3) is 6.08 Å². The number of nitrogens with one attached hydrogen (secondary N) is 2. The molecule has 0 aliphatic carbocycles. The summed E-state index contributed by atoms with van der Waals surface area (Å²) in [6.45, 7) is 0. The second-order valence-electron chi connectivity index (χ2n) is 5.18. The lowest BCUT2D eigenvalue weighted by Crippen LogP contribution is -2.17. The fourth-order valence-electron chi connectivity index (χ4n) is 2.04. The van der Waals surface area contributed by atoms with E-state index in [1.807, 2.05) is 0 Å². The van der Waals surface area contributed by atoms with Crippen LogP contribution in [-0.4, -0.2) is 19.5 Å². The molecule has 0 heterocycles. The number of amides is 1. The van der Waals surface area contributed by atoms with Gasteiger partial charge < -0.3 is 0 Å². The van der Waals surface area contributed by atoms with Gasteiger partial charge in [-0.2, -0.15) is 13.2 Å². The number of rotatable bonds is 5. The van der Waals surface area contributed by atoms with Crippen LogP contribution in [0.2, 0.25) is 0 Å². The first kappa shape index (κ1) is 20.4. The van der Waals surface area contributed by atoms with Crippen molar-refractivity contribution < 1.29 is 36.0 Å².